The van der Waals surface area contributed by atoms with E-state index < -0.39 is 0 Å². The second kappa shape index (κ2) is 6.28. The lowest BCUT2D eigenvalue weighted by atomic mass is 9.92. The Morgan fingerprint density at radius 1 is 1.44 bits per heavy atom. The van der Waals surface area contributed by atoms with E-state index in [0.29, 0.717) is 25.1 Å². The number of aldehydes is 1. The lowest BCUT2D eigenvalue weighted by Gasteiger charge is -2.17. The molecule has 0 aromatic carbocycles. The van der Waals surface area contributed by atoms with Crippen LogP contribution in [-0.4, -0.2) is 17.2 Å². The minimum absolute atomic E-state index is 0.0393. The number of aromatic nitrogens is 1. The van der Waals surface area contributed by atoms with Gasteiger partial charge in [0.05, 0.1) is 0 Å². The first-order valence-electron chi connectivity index (χ1n) is 6.09. The van der Waals surface area contributed by atoms with Crippen molar-refractivity contribution in [2.24, 2.45) is 5.41 Å². The molecule has 1 heterocycles. The zero-order valence-electron chi connectivity index (χ0n) is 11.2. The van der Waals surface area contributed by atoms with E-state index in [-0.39, 0.29) is 11.3 Å². The monoisotopic (exact) mass is 248 g/mol. The highest BCUT2D eigenvalue weighted by molar-refractivity contribution is 5.90. The Hall–Kier alpha value is -1.71. The van der Waals surface area contributed by atoms with E-state index in [1.807, 2.05) is 32.9 Å². The molecule has 0 spiro atoms. The summed E-state index contributed by atoms with van der Waals surface area (Å²) in [6.45, 7) is 6.04. The summed E-state index contributed by atoms with van der Waals surface area (Å²) in [6, 6.07) is 3.66. The molecule has 1 amide bonds. The van der Waals surface area contributed by atoms with E-state index in [0.717, 1.165) is 11.8 Å². The molecule has 1 rings (SSSR count). The van der Waals surface area contributed by atoms with Gasteiger partial charge in [0.25, 0.3) is 0 Å². The van der Waals surface area contributed by atoms with Crippen LogP contribution in [0.25, 0.3) is 0 Å². The molecule has 0 saturated carbocycles. The maximum absolute atomic E-state index is 11.7. The Morgan fingerprint density at radius 3 is 2.78 bits per heavy atom. The van der Waals surface area contributed by atoms with Crippen molar-refractivity contribution in [2.75, 3.05) is 5.32 Å². The van der Waals surface area contributed by atoms with Gasteiger partial charge in [-0.25, -0.2) is 4.98 Å². The van der Waals surface area contributed by atoms with Crippen molar-refractivity contribution < 1.29 is 9.59 Å². The van der Waals surface area contributed by atoms with Crippen LogP contribution in [0.4, 0.5) is 5.82 Å². The third-order valence-corrected chi connectivity index (χ3v) is 2.33. The Bertz CT molecular complexity index is 422. The number of aryl methyl sites for hydroxylation is 1. The molecule has 0 unspecified atom stereocenters. The van der Waals surface area contributed by atoms with Gasteiger partial charge in [0.1, 0.15) is 12.1 Å². The number of anilines is 1. The van der Waals surface area contributed by atoms with Crippen LogP contribution in [0.3, 0.4) is 0 Å². The number of carbonyl (C=O) groups is 2. The van der Waals surface area contributed by atoms with Gasteiger partial charge in [-0.1, -0.05) is 20.8 Å². The highest BCUT2D eigenvalue weighted by Crippen LogP contribution is 2.19. The van der Waals surface area contributed by atoms with Crippen LogP contribution in [-0.2, 0) is 16.0 Å². The second-order valence-corrected chi connectivity index (χ2v) is 5.54. The second-order valence-electron chi connectivity index (χ2n) is 5.54. The molecule has 98 valence electrons. The van der Waals surface area contributed by atoms with Crippen LogP contribution in [0.2, 0.25) is 0 Å². The number of hydrogen-bond acceptors (Lipinski definition) is 3. The maximum Gasteiger partial charge on any atom is 0.226 e. The Labute approximate surface area is 108 Å². The summed E-state index contributed by atoms with van der Waals surface area (Å²) in [4.78, 5) is 26.2. The van der Waals surface area contributed by atoms with Gasteiger partial charge in [0.15, 0.2) is 0 Å². The summed E-state index contributed by atoms with van der Waals surface area (Å²) in [7, 11) is 0. The summed E-state index contributed by atoms with van der Waals surface area (Å²) in [5.74, 6) is 0.509. The standard InChI is InChI=1S/C14H20N2O2/c1-14(2,3)10-13(18)16-12-9-11(5-4-8-17)6-7-15-12/h6-9H,4-5,10H2,1-3H3,(H,15,16,18). The number of pyridine rings is 1. The number of carbonyl (C=O) groups excluding carboxylic acids is 2. The predicted molar refractivity (Wildman–Crippen MR) is 71.3 cm³/mol. The largest absolute Gasteiger partial charge is 0.311 e. The Balaban J connectivity index is 2.61. The first-order valence-corrected chi connectivity index (χ1v) is 6.09. The first-order chi connectivity index (χ1) is 8.40. The first kappa shape index (κ1) is 14.4. The average molecular weight is 248 g/mol. The summed E-state index contributed by atoms with van der Waals surface area (Å²) in [6.07, 6.45) is 4.14. The van der Waals surface area contributed by atoms with E-state index in [4.69, 9.17) is 0 Å². The van der Waals surface area contributed by atoms with Gasteiger partial charge < -0.3 is 10.1 Å². The van der Waals surface area contributed by atoms with Crippen molar-refractivity contribution in [3.63, 3.8) is 0 Å². The molecule has 1 aromatic heterocycles. The number of amides is 1. The lowest BCUT2D eigenvalue weighted by Crippen LogP contribution is -2.20. The predicted octanol–water partition coefficient (Wildman–Crippen LogP) is 2.59. The zero-order chi connectivity index (χ0) is 13.6. The molecule has 4 heteroatoms. The van der Waals surface area contributed by atoms with Gasteiger partial charge >= 0.3 is 0 Å². The van der Waals surface area contributed by atoms with Gasteiger partial charge in [0.2, 0.25) is 5.91 Å². The fraction of sp³-hybridized carbons (Fsp3) is 0.500. The lowest BCUT2D eigenvalue weighted by molar-refractivity contribution is -0.117. The van der Waals surface area contributed by atoms with Crippen LogP contribution in [0.1, 0.15) is 39.2 Å². The van der Waals surface area contributed by atoms with Crippen molar-refractivity contribution in [2.45, 2.75) is 40.0 Å². The van der Waals surface area contributed by atoms with Crippen LogP contribution >= 0.6 is 0 Å². The van der Waals surface area contributed by atoms with Crippen LogP contribution in [0.5, 0.6) is 0 Å². The van der Waals surface area contributed by atoms with E-state index in [1.165, 1.54) is 0 Å². The number of hydrogen-bond donors (Lipinski definition) is 1. The third-order valence-electron chi connectivity index (χ3n) is 2.33. The minimum atomic E-state index is -0.0424. The van der Waals surface area contributed by atoms with Crippen molar-refractivity contribution in [3.05, 3.63) is 23.9 Å². The highest BCUT2D eigenvalue weighted by atomic mass is 16.1. The smallest absolute Gasteiger partial charge is 0.226 e. The molecule has 0 aliphatic heterocycles. The van der Waals surface area contributed by atoms with Gasteiger partial charge in [-0.05, 0) is 29.5 Å². The average Bonchev–Trinajstić information content (AvgIpc) is 2.24. The molecule has 0 aliphatic carbocycles. The molecular formula is C14H20N2O2. The minimum Gasteiger partial charge on any atom is -0.311 e. The van der Waals surface area contributed by atoms with Gasteiger partial charge in [-0.15, -0.1) is 0 Å². The van der Waals surface area contributed by atoms with Crippen molar-refractivity contribution >= 4 is 18.0 Å². The van der Waals surface area contributed by atoms with Gasteiger partial charge in [0, 0.05) is 19.0 Å². The molecule has 18 heavy (non-hydrogen) atoms. The molecule has 0 radical (unpaired) electrons. The van der Waals surface area contributed by atoms with Crippen LogP contribution in [0, 0.1) is 5.41 Å². The molecule has 4 nitrogen and oxygen atoms in total. The van der Waals surface area contributed by atoms with Crippen molar-refractivity contribution in [1.29, 1.82) is 0 Å². The van der Waals surface area contributed by atoms with Gasteiger partial charge in [-0.2, -0.15) is 0 Å². The molecule has 0 atom stereocenters. The van der Waals surface area contributed by atoms with Crippen LogP contribution < -0.4 is 5.32 Å². The number of rotatable bonds is 5. The summed E-state index contributed by atoms with van der Waals surface area (Å²) in [5.41, 5.74) is 0.960. The summed E-state index contributed by atoms with van der Waals surface area (Å²) < 4.78 is 0. The quantitative estimate of drug-likeness (QED) is 0.815. The normalized spacial score (nSPS) is 11.1. The molecule has 0 aliphatic rings. The fourth-order valence-corrected chi connectivity index (χ4v) is 1.59. The zero-order valence-corrected chi connectivity index (χ0v) is 11.2. The van der Waals surface area contributed by atoms with Crippen molar-refractivity contribution in [1.82, 2.24) is 4.98 Å². The topological polar surface area (TPSA) is 59.1 Å². The number of nitrogens with one attached hydrogen (secondary N) is 1. The summed E-state index contributed by atoms with van der Waals surface area (Å²) >= 11 is 0. The number of nitrogens with zero attached hydrogens (tertiary/aromatic N) is 1. The molecule has 1 aromatic rings. The SMILES string of the molecule is CC(C)(C)CC(=O)Nc1cc(CCC=O)ccn1. The molecular weight excluding hydrogens is 228 g/mol. The molecule has 0 bridgehead atoms. The fourth-order valence-electron chi connectivity index (χ4n) is 1.59. The third kappa shape index (κ3) is 5.57. The van der Waals surface area contributed by atoms with Crippen molar-refractivity contribution in [3.8, 4) is 0 Å². The Morgan fingerprint density at radius 2 is 2.17 bits per heavy atom. The Kier molecular flexibility index (Phi) is 5.01. The highest BCUT2D eigenvalue weighted by Gasteiger charge is 2.16. The van der Waals surface area contributed by atoms with Gasteiger partial charge in [-0.3, -0.25) is 4.79 Å². The van der Waals surface area contributed by atoms with Crippen LogP contribution in [0.15, 0.2) is 18.3 Å². The molecule has 0 saturated heterocycles. The maximum atomic E-state index is 11.7. The van der Waals surface area contributed by atoms with E-state index in [1.54, 1.807) is 6.20 Å². The summed E-state index contributed by atoms with van der Waals surface area (Å²) in [5, 5.41) is 2.78. The van der Waals surface area contributed by atoms with E-state index >= 15 is 0 Å². The molecule has 0 fully saturated rings. The van der Waals surface area contributed by atoms with E-state index in [2.05, 4.69) is 10.3 Å². The molecule has 1 N–H and O–H groups in total. The van der Waals surface area contributed by atoms with E-state index in [9.17, 15) is 9.59 Å².